The van der Waals surface area contributed by atoms with Crippen molar-refractivity contribution in [3.05, 3.63) is 65.1 Å². The maximum Gasteiger partial charge on any atom is 0.255 e. The van der Waals surface area contributed by atoms with Crippen molar-refractivity contribution in [2.24, 2.45) is 0 Å². The average Bonchev–Trinajstić information content (AvgIpc) is 3.20. The number of halogens is 1. The Balaban J connectivity index is 1.75. The number of amides is 1. The third kappa shape index (κ3) is 3.43. The second-order valence-corrected chi connectivity index (χ2v) is 6.59. The second-order valence-electron chi connectivity index (χ2n) is 6.59. The van der Waals surface area contributed by atoms with Crippen molar-refractivity contribution in [2.45, 2.75) is 13.0 Å². The first kappa shape index (κ1) is 19.4. The highest BCUT2D eigenvalue weighted by Gasteiger charge is 2.34. The molecular formula is C20H19FN6O3. The number of benzene rings is 2. The zero-order valence-electron chi connectivity index (χ0n) is 16.5. The SMILES string of the molecule is COc1ccc(NC(=O)C2=C(C)Nc3nnnn3[C@H]2c2cccc(F)c2)c(OC)c1. The standard InChI is InChI=1S/C20H19FN6O3/c1-11-17(19(28)23-15-8-7-14(29-2)10-16(15)30-3)18(12-5-4-6-13(21)9-12)27-20(22-11)24-25-26-27/h4-10,18H,1-3H3,(H,23,28)(H,22,24,26)/t18-/m0/s1. The molecule has 2 aromatic carbocycles. The minimum atomic E-state index is -0.712. The molecule has 3 aromatic rings. The van der Waals surface area contributed by atoms with Crippen molar-refractivity contribution < 1.29 is 18.7 Å². The summed E-state index contributed by atoms with van der Waals surface area (Å²) in [4.78, 5) is 13.3. The quantitative estimate of drug-likeness (QED) is 0.667. The van der Waals surface area contributed by atoms with Crippen molar-refractivity contribution in [1.29, 1.82) is 0 Å². The van der Waals surface area contributed by atoms with E-state index in [9.17, 15) is 9.18 Å². The molecule has 0 bridgehead atoms. The lowest BCUT2D eigenvalue weighted by Gasteiger charge is -2.28. The first-order valence-electron chi connectivity index (χ1n) is 9.06. The van der Waals surface area contributed by atoms with Crippen molar-refractivity contribution in [1.82, 2.24) is 20.2 Å². The Morgan fingerprint density at radius 3 is 2.77 bits per heavy atom. The van der Waals surface area contributed by atoms with Crippen LogP contribution in [0.25, 0.3) is 0 Å². The van der Waals surface area contributed by atoms with Crippen LogP contribution in [0.3, 0.4) is 0 Å². The summed E-state index contributed by atoms with van der Waals surface area (Å²) in [7, 11) is 3.04. The molecule has 1 aliphatic heterocycles. The summed E-state index contributed by atoms with van der Waals surface area (Å²) in [5.74, 6) is 0.569. The number of rotatable bonds is 5. The van der Waals surface area contributed by atoms with E-state index in [1.165, 1.54) is 23.9 Å². The first-order valence-corrected chi connectivity index (χ1v) is 9.06. The Hall–Kier alpha value is -3.95. The highest BCUT2D eigenvalue weighted by atomic mass is 19.1. The lowest BCUT2D eigenvalue weighted by atomic mass is 9.95. The van der Waals surface area contributed by atoms with Crippen LogP contribution >= 0.6 is 0 Å². The Bertz CT molecular complexity index is 1140. The number of nitrogens with one attached hydrogen (secondary N) is 2. The van der Waals surface area contributed by atoms with Gasteiger partial charge in [-0.3, -0.25) is 4.79 Å². The van der Waals surface area contributed by atoms with Gasteiger partial charge in [0.25, 0.3) is 5.91 Å². The van der Waals surface area contributed by atoms with Gasteiger partial charge in [0.1, 0.15) is 23.4 Å². The van der Waals surface area contributed by atoms with E-state index in [1.807, 2.05) is 0 Å². The predicted octanol–water partition coefficient (Wildman–Crippen LogP) is 2.76. The van der Waals surface area contributed by atoms with E-state index in [0.717, 1.165) is 0 Å². The summed E-state index contributed by atoms with van der Waals surface area (Å²) >= 11 is 0. The summed E-state index contributed by atoms with van der Waals surface area (Å²) in [6.07, 6.45) is 0. The van der Waals surface area contributed by atoms with Crippen molar-refractivity contribution in [2.75, 3.05) is 24.9 Å². The van der Waals surface area contributed by atoms with E-state index in [1.54, 1.807) is 44.4 Å². The smallest absolute Gasteiger partial charge is 0.255 e. The van der Waals surface area contributed by atoms with Crippen molar-refractivity contribution in [3.63, 3.8) is 0 Å². The maximum atomic E-state index is 13.9. The Morgan fingerprint density at radius 1 is 1.20 bits per heavy atom. The summed E-state index contributed by atoms with van der Waals surface area (Å²) in [6.45, 7) is 1.74. The van der Waals surface area contributed by atoms with E-state index in [4.69, 9.17) is 9.47 Å². The van der Waals surface area contributed by atoms with Crippen molar-refractivity contribution >= 4 is 17.5 Å². The third-order valence-electron chi connectivity index (χ3n) is 4.78. The van der Waals surface area contributed by atoms with Crippen LogP contribution in [-0.2, 0) is 4.79 Å². The van der Waals surface area contributed by atoms with Crippen LogP contribution < -0.4 is 20.1 Å². The van der Waals surface area contributed by atoms with Gasteiger partial charge in [-0.15, -0.1) is 0 Å². The predicted molar refractivity (Wildman–Crippen MR) is 107 cm³/mol. The molecule has 0 spiro atoms. The summed E-state index contributed by atoms with van der Waals surface area (Å²) in [5.41, 5.74) is 1.90. The monoisotopic (exact) mass is 410 g/mol. The molecule has 1 atom stereocenters. The van der Waals surface area contributed by atoms with E-state index in [-0.39, 0.29) is 0 Å². The molecule has 2 N–H and O–H groups in total. The van der Waals surface area contributed by atoms with Crippen LogP contribution in [0.1, 0.15) is 18.5 Å². The minimum Gasteiger partial charge on any atom is -0.497 e. The van der Waals surface area contributed by atoms with Gasteiger partial charge < -0.3 is 20.1 Å². The molecular weight excluding hydrogens is 391 g/mol. The Morgan fingerprint density at radius 2 is 2.03 bits per heavy atom. The fourth-order valence-electron chi connectivity index (χ4n) is 3.38. The number of aromatic nitrogens is 4. The van der Waals surface area contributed by atoms with Crippen molar-refractivity contribution in [3.8, 4) is 11.5 Å². The van der Waals surface area contributed by atoms with Gasteiger partial charge in [0.15, 0.2) is 0 Å². The number of hydrogen-bond acceptors (Lipinski definition) is 7. The molecule has 10 heteroatoms. The van der Waals surface area contributed by atoms with Gasteiger partial charge in [-0.2, -0.15) is 4.68 Å². The molecule has 154 valence electrons. The molecule has 1 amide bonds. The topological polar surface area (TPSA) is 103 Å². The molecule has 2 heterocycles. The zero-order valence-corrected chi connectivity index (χ0v) is 16.5. The van der Waals surface area contributed by atoms with Crippen LogP contribution in [0.15, 0.2) is 53.7 Å². The van der Waals surface area contributed by atoms with Crippen LogP contribution in [0.5, 0.6) is 11.5 Å². The largest absolute Gasteiger partial charge is 0.497 e. The van der Waals surface area contributed by atoms with Gasteiger partial charge in [0.2, 0.25) is 5.95 Å². The molecule has 0 saturated carbocycles. The number of fused-ring (bicyclic) bond motifs is 1. The fraction of sp³-hybridized carbons (Fsp3) is 0.200. The number of hydrogen-bond donors (Lipinski definition) is 2. The Kier molecular flexibility index (Phi) is 5.05. The number of tetrazole rings is 1. The van der Waals surface area contributed by atoms with E-state index >= 15 is 0 Å². The molecule has 9 nitrogen and oxygen atoms in total. The maximum absolute atomic E-state index is 13.9. The van der Waals surface area contributed by atoms with Gasteiger partial charge in [-0.25, -0.2) is 4.39 Å². The van der Waals surface area contributed by atoms with E-state index in [0.29, 0.717) is 40.0 Å². The Labute approximate surface area is 171 Å². The van der Waals surface area contributed by atoms with E-state index in [2.05, 4.69) is 26.2 Å². The lowest BCUT2D eigenvalue weighted by molar-refractivity contribution is -0.113. The van der Waals surface area contributed by atoms with Gasteiger partial charge in [0, 0.05) is 11.8 Å². The molecule has 1 aliphatic rings. The highest BCUT2D eigenvalue weighted by Crippen LogP contribution is 2.36. The van der Waals surface area contributed by atoms with Crippen LogP contribution in [0, 0.1) is 5.82 Å². The van der Waals surface area contributed by atoms with Gasteiger partial charge in [0.05, 0.1) is 25.5 Å². The number of nitrogens with zero attached hydrogens (tertiary/aromatic N) is 4. The van der Waals surface area contributed by atoms with E-state index < -0.39 is 17.8 Å². The molecule has 4 rings (SSSR count). The molecule has 1 aromatic heterocycles. The summed E-state index contributed by atoms with van der Waals surface area (Å²) in [5, 5.41) is 17.5. The second kappa shape index (κ2) is 7.82. The van der Waals surface area contributed by atoms with Gasteiger partial charge in [-0.05, 0) is 47.2 Å². The molecule has 0 radical (unpaired) electrons. The molecule has 0 fully saturated rings. The number of allylic oxidation sites excluding steroid dienone is 1. The first-order chi connectivity index (χ1) is 14.5. The highest BCUT2D eigenvalue weighted by molar-refractivity contribution is 6.06. The van der Waals surface area contributed by atoms with Crippen LogP contribution in [0.4, 0.5) is 16.0 Å². The van der Waals surface area contributed by atoms with Crippen LogP contribution in [0.2, 0.25) is 0 Å². The molecule has 30 heavy (non-hydrogen) atoms. The summed E-state index contributed by atoms with van der Waals surface area (Å²) in [6, 6.07) is 10.3. The number of anilines is 2. The van der Waals surface area contributed by atoms with Gasteiger partial charge in [-0.1, -0.05) is 17.2 Å². The number of carbonyl (C=O) groups is 1. The molecule has 0 unspecified atom stereocenters. The third-order valence-corrected chi connectivity index (χ3v) is 4.78. The zero-order chi connectivity index (χ0) is 21.3. The lowest BCUT2D eigenvalue weighted by Crippen LogP contribution is -2.31. The fourth-order valence-corrected chi connectivity index (χ4v) is 3.38. The summed E-state index contributed by atoms with van der Waals surface area (Å²) < 4.78 is 25.9. The van der Waals surface area contributed by atoms with Gasteiger partial charge >= 0.3 is 0 Å². The van der Waals surface area contributed by atoms with Crippen LogP contribution in [-0.4, -0.2) is 40.3 Å². The molecule has 0 aliphatic carbocycles. The minimum absolute atomic E-state index is 0.346. The number of carbonyl (C=O) groups excluding carboxylic acids is 1. The molecule has 0 saturated heterocycles. The number of methoxy groups -OCH3 is 2. The normalized spacial score (nSPS) is 15.3. The number of ether oxygens (including phenoxy) is 2. The average molecular weight is 410 g/mol.